The van der Waals surface area contributed by atoms with Gasteiger partial charge in [0.15, 0.2) is 0 Å². The molecule has 2 unspecified atom stereocenters. The van der Waals surface area contributed by atoms with Crippen molar-refractivity contribution in [3.8, 4) is 0 Å². The fourth-order valence-corrected chi connectivity index (χ4v) is 2.63. The molecule has 0 fully saturated rings. The monoisotopic (exact) mass is 344 g/mol. The van der Waals surface area contributed by atoms with Crippen LogP contribution >= 0.6 is 0 Å². The van der Waals surface area contributed by atoms with Crippen LogP contribution in [0.15, 0.2) is 36.7 Å². The highest BCUT2D eigenvalue weighted by Gasteiger charge is 2.25. The van der Waals surface area contributed by atoms with Gasteiger partial charge < -0.3 is 15.7 Å². The number of hydrogen-bond acceptors (Lipinski definition) is 4. The topological polar surface area (TPSA) is 79.2 Å². The van der Waals surface area contributed by atoms with Crippen LogP contribution in [0, 0.1) is 0 Å². The van der Waals surface area contributed by atoms with E-state index >= 15 is 0 Å². The van der Waals surface area contributed by atoms with Gasteiger partial charge >= 0.3 is 0 Å². The van der Waals surface area contributed by atoms with E-state index in [-0.39, 0.29) is 11.9 Å². The summed E-state index contributed by atoms with van der Waals surface area (Å²) in [4.78, 5) is 10.9. The number of amides is 1. The number of rotatable bonds is 8. The minimum Gasteiger partial charge on any atom is -0.384 e. The molecule has 6 nitrogen and oxygen atoms in total. The predicted molar refractivity (Wildman–Crippen MR) is 98.0 cm³/mol. The molecule has 25 heavy (non-hydrogen) atoms. The molecular formula is C19H28N4O2. The van der Waals surface area contributed by atoms with Gasteiger partial charge in [-0.15, -0.1) is 0 Å². The molecule has 0 radical (unpaired) electrons. The Kier molecular flexibility index (Phi) is 6.33. The van der Waals surface area contributed by atoms with Crippen LogP contribution in [0.1, 0.15) is 43.5 Å². The Bertz CT molecular complexity index is 692. The van der Waals surface area contributed by atoms with Crippen LogP contribution in [-0.4, -0.2) is 33.9 Å². The fourth-order valence-electron chi connectivity index (χ4n) is 2.63. The Morgan fingerprint density at radius 3 is 2.60 bits per heavy atom. The lowest BCUT2D eigenvalue weighted by Gasteiger charge is -2.25. The van der Waals surface area contributed by atoms with E-state index in [9.17, 15) is 9.90 Å². The molecule has 0 aliphatic rings. The van der Waals surface area contributed by atoms with Gasteiger partial charge in [-0.3, -0.25) is 9.48 Å². The van der Waals surface area contributed by atoms with Crippen LogP contribution in [0.25, 0.3) is 0 Å². The van der Waals surface area contributed by atoms with E-state index < -0.39 is 5.60 Å². The van der Waals surface area contributed by atoms with E-state index in [4.69, 9.17) is 0 Å². The van der Waals surface area contributed by atoms with Crippen molar-refractivity contribution >= 4 is 5.91 Å². The summed E-state index contributed by atoms with van der Waals surface area (Å²) in [6.45, 7) is 6.47. The molecule has 1 amide bonds. The van der Waals surface area contributed by atoms with Gasteiger partial charge in [-0.25, -0.2) is 0 Å². The summed E-state index contributed by atoms with van der Waals surface area (Å²) in [6.07, 6.45) is 4.34. The van der Waals surface area contributed by atoms with Gasteiger partial charge in [0.25, 0.3) is 0 Å². The summed E-state index contributed by atoms with van der Waals surface area (Å²) < 4.78 is 1.69. The summed E-state index contributed by atoms with van der Waals surface area (Å²) in [5.41, 5.74) is 2.17. The molecule has 1 aromatic carbocycles. The second kappa shape index (κ2) is 8.27. The minimum absolute atomic E-state index is 0.00453. The van der Waals surface area contributed by atoms with Crippen LogP contribution < -0.4 is 10.6 Å². The maximum Gasteiger partial charge on any atom is 0.216 e. The highest BCUT2D eigenvalue weighted by molar-refractivity contribution is 5.72. The third-order valence-electron chi connectivity index (χ3n) is 4.35. The SMILES string of the molecule is CC(=O)NCCc1ccc(C(C)NCC(C)(O)c2cnn(C)c2)cc1. The molecule has 3 N–H and O–H groups in total. The van der Waals surface area contributed by atoms with Crippen molar-refractivity contribution in [3.05, 3.63) is 53.3 Å². The van der Waals surface area contributed by atoms with Crippen molar-refractivity contribution in [2.24, 2.45) is 7.05 Å². The quantitative estimate of drug-likeness (QED) is 0.680. The van der Waals surface area contributed by atoms with Gasteiger partial charge in [-0.05, 0) is 31.4 Å². The van der Waals surface area contributed by atoms with E-state index in [2.05, 4.69) is 46.9 Å². The smallest absolute Gasteiger partial charge is 0.216 e. The second-order valence-electron chi connectivity index (χ2n) is 6.75. The molecule has 136 valence electrons. The fraction of sp³-hybridized carbons (Fsp3) is 0.474. The molecule has 1 heterocycles. The molecule has 6 heteroatoms. The highest BCUT2D eigenvalue weighted by atomic mass is 16.3. The summed E-state index contributed by atoms with van der Waals surface area (Å²) in [5, 5.41) is 20.9. The molecule has 0 bridgehead atoms. The first-order chi connectivity index (χ1) is 11.8. The van der Waals surface area contributed by atoms with Crippen molar-refractivity contribution < 1.29 is 9.90 Å². The zero-order valence-corrected chi connectivity index (χ0v) is 15.4. The Morgan fingerprint density at radius 1 is 1.36 bits per heavy atom. The van der Waals surface area contributed by atoms with Crippen molar-refractivity contribution in [2.75, 3.05) is 13.1 Å². The van der Waals surface area contributed by atoms with E-state index in [1.165, 1.54) is 12.5 Å². The van der Waals surface area contributed by atoms with Crippen molar-refractivity contribution in [1.82, 2.24) is 20.4 Å². The number of nitrogens with one attached hydrogen (secondary N) is 2. The van der Waals surface area contributed by atoms with Crippen LogP contribution in [0.2, 0.25) is 0 Å². The van der Waals surface area contributed by atoms with Crippen LogP contribution in [-0.2, 0) is 23.9 Å². The third kappa shape index (κ3) is 5.69. The summed E-state index contributed by atoms with van der Waals surface area (Å²) in [5.74, 6) is -0.00453. The number of aromatic nitrogens is 2. The first-order valence-corrected chi connectivity index (χ1v) is 8.56. The molecule has 1 aromatic heterocycles. The van der Waals surface area contributed by atoms with Gasteiger partial charge in [-0.1, -0.05) is 24.3 Å². The first kappa shape index (κ1) is 19.1. The normalized spacial score (nSPS) is 14.8. The molecule has 0 spiro atoms. The highest BCUT2D eigenvalue weighted by Crippen LogP contribution is 2.21. The van der Waals surface area contributed by atoms with E-state index in [1.54, 1.807) is 17.8 Å². The van der Waals surface area contributed by atoms with Crippen molar-refractivity contribution in [2.45, 2.75) is 38.8 Å². The Balaban J connectivity index is 1.88. The summed E-state index contributed by atoms with van der Waals surface area (Å²) in [7, 11) is 1.84. The van der Waals surface area contributed by atoms with Gasteiger partial charge in [0, 0.05) is 44.9 Å². The first-order valence-electron chi connectivity index (χ1n) is 8.56. The zero-order valence-electron chi connectivity index (χ0n) is 15.4. The molecule has 0 saturated carbocycles. The Hall–Kier alpha value is -2.18. The Morgan fingerprint density at radius 2 is 2.04 bits per heavy atom. The predicted octanol–water partition coefficient (Wildman–Crippen LogP) is 1.66. The maximum atomic E-state index is 10.9. The lowest BCUT2D eigenvalue weighted by atomic mass is 9.98. The number of benzene rings is 1. The number of carbonyl (C=O) groups is 1. The number of aryl methyl sites for hydroxylation is 1. The summed E-state index contributed by atoms with van der Waals surface area (Å²) in [6, 6.07) is 8.44. The minimum atomic E-state index is -0.971. The Labute approximate surface area is 149 Å². The van der Waals surface area contributed by atoms with Crippen molar-refractivity contribution in [1.29, 1.82) is 0 Å². The molecule has 2 atom stereocenters. The number of aliphatic hydroxyl groups is 1. The van der Waals surface area contributed by atoms with E-state index in [0.717, 1.165) is 17.5 Å². The average Bonchev–Trinajstić information content (AvgIpc) is 3.00. The lowest BCUT2D eigenvalue weighted by Crippen LogP contribution is -2.36. The van der Waals surface area contributed by atoms with Gasteiger partial charge in [-0.2, -0.15) is 5.10 Å². The lowest BCUT2D eigenvalue weighted by molar-refractivity contribution is -0.118. The van der Waals surface area contributed by atoms with Crippen molar-refractivity contribution in [3.63, 3.8) is 0 Å². The van der Waals surface area contributed by atoms with Gasteiger partial charge in [0.05, 0.1) is 6.20 Å². The second-order valence-corrected chi connectivity index (χ2v) is 6.75. The molecular weight excluding hydrogens is 316 g/mol. The third-order valence-corrected chi connectivity index (χ3v) is 4.35. The standard InChI is InChI=1S/C19H28N4O2/c1-14(21-13-19(3,25)18-11-22-23(4)12-18)17-7-5-16(6-8-17)9-10-20-15(2)24/h5-8,11-12,14,21,25H,9-10,13H2,1-4H3,(H,20,24). The van der Waals surface area contributed by atoms with Gasteiger partial charge in [0.2, 0.25) is 5.91 Å². The summed E-state index contributed by atoms with van der Waals surface area (Å²) >= 11 is 0. The number of nitrogens with zero attached hydrogens (tertiary/aromatic N) is 2. The molecule has 0 aliphatic heterocycles. The number of hydrogen-bond donors (Lipinski definition) is 3. The van der Waals surface area contributed by atoms with E-state index in [0.29, 0.717) is 13.1 Å². The van der Waals surface area contributed by atoms with Crippen LogP contribution in [0.4, 0.5) is 0 Å². The zero-order chi connectivity index (χ0) is 18.4. The van der Waals surface area contributed by atoms with E-state index in [1.807, 2.05) is 13.2 Å². The molecule has 2 aromatic rings. The van der Waals surface area contributed by atoms with Crippen LogP contribution in [0.3, 0.4) is 0 Å². The number of carbonyl (C=O) groups excluding carboxylic acids is 1. The van der Waals surface area contributed by atoms with Gasteiger partial charge in [0.1, 0.15) is 5.60 Å². The largest absolute Gasteiger partial charge is 0.384 e. The average molecular weight is 344 g/mol. The molecule has 0 saturated heterocycles. The molecule has 0 aliphatic carbocycles. The van der Waals surface area contributed by atoms with Crippen LogP contribution in [0.5, 0.6) is 0 Å². The molecule has 2 rings (SSSR count). The maximum absolute atomic E-state index is 10.9.